The molecule has 6 atom stereocenters. The van der Waals surface area contributed by atoms with Crippen LogP contribution in [-0.2, 0) is 10.1 Å². The smallest absolute Gasteiger partial charge is 0.744 e. The van der Waals surface area contributed by atoms with Gasteiger partial charge in [0.2, 0.25) is 0 Å². The Bertz CT molecular complexity index is 884. The summed E-state index contributed by atoms with van der Waals surface area (Å²) in [7, 11) is -4.19. The van der Waals surface area contributed by atoms with Crippen LogP contribution in [0.1, 0.15) is 88.5 Å². The van der Waals surface area contributed by atoms with Gasteiger partial charge in [-0.05, 0) is 128 Å². The van der Waals surface area contributed by atoms with Crippen molar-refractivity contribution in [3.05, 3.63) is 29.8 Å². The van der Waals surface area contributed by atoms with Gasteiger partial charge in [-0.2, -0.15) is 0 Å². The van der Waals surface area contributed by atoms with E-state index in [4.69, 9.17) is 0 Å². The Morgan fingerprint density at radius 2 is 1.25 bits per heavy atom. The Morgan fingerprint density at radius 3 is 1.66 bits per heavy atom. The third-order valence-corrected chi connectivity index (χ3v) is 14.9. The predicted octanol–water partition coefficient (Wildman–Crippen LogP) is 3.48. The molecule has 0 N–H and O–H groups in total. The van der Waals surface area contributed by atoms with Gasteiger partial charge in [0.1, 0.15) is 10.1 Å². The molecule has 5 fully saturated rings. The van der Waals surface area contributed by atoms with E-state index in [1.807, 2.05) is 12.1 Å². The third kappa shape index (κ3) is 4.56. The first-order valence-corrected chi connectivity index (χ1v) is 15.7. The topological polar surface area (TPSA) is 57.2 Å². The Balaban J connectivity index is 0.00000216. The molecule has 1 aromatic rings. The van der Waals surface area contributed by atoms with Crippen LogP contribution < -0.4 is 29.6 Å². The summed E-state index contributed by atoms with van der Waals surface area (Å²) in [5.41, 5.74) is 4.37. The quantitative estimate of drug-likeness (QED) is 0.367. The fourth-order valence-corrected chi connectivity index (χ4v) is 14.1. The average Bonchev–Trinajstić information content (AvgIpc) is 3.56. The summed E-state index contributed by atoms with van der Waals surface area (Å²) in [4.78, 5) is -0.0963. The minimum absolute atomic E-state index is 0. The molecule has 0 heterocycles. The molecule has 3 nitrogen and oxygen atoms in total. The van der Waals surface area contributed by atoms with Crippen molar-refractivity contribution >= 4 is 18.0 Å². The fraction of sp³-hybridized carbons (Fsp3) is 0.769. The standard InChI is InChI=1S/C26H37O3PS.Na/c27-31(28,29)24-11-7-20(8-12-24)19-5-9-23(10-6-19)30(25-15-17-1-3-21(25)13-17)26-16-18-2-4-22(26)14-18;/h7-8,11-12,17-19,21-23,25-26H,1-6,9-10,13-16H2,(H,27,28,29);/q;+1/p-1. The van der Waals surface area contributed by atoms with E-state index in [-0.39, 0.29) is 42.4 Å². The summed E-state index contributed by atoms with van der Waals surface area (Å²) in [5, 5.41) is 0. The van der Waals surface area contributed by atoms with Gasteiger partial charge in [-0.3, -0.25) is 0 Å². The van der Waals surface area contributed by atoms with Gasteiger partial charge in [0.25, 0.3) is 0 Å². The molecular weight excluding hydrogens is 446 g/mol. The van der Waals surface area contributed by atoms with E-state index in [9.17, 15) is 13.0 Å². The van der Waals surface area contributed by atoms with Crippen molar-refractivity contribution in [2.75, 3.05) is 0 Å². The van der Waals surface area contributed by atoms with E-state index < -0.39 is 10.1 Å². The maximum atomic E-state index is 11.2. The van der Waals surface area contributed by atoms with Gasteiger partial charge in [-0.25, -0.2) is 8.42 Å². The van der Waals surface area contributed by atoms with Gasteiger partial charge in [0, 0.05) is 0 Å². The molecule has 1 aromatic carbocycles. The number of rotatable bonds is 5. The van der Waals surface area contributed by atoms with E-state index >= 15 is 0 Å². The largest absolute Gasteiger partial charge is 1.00 e. The van der Waals surface area contributed by atoms with E-state index in [2.05, 4.69) is 0 Å². The molecule has 6 heteroatoms. The van der Waals surface area contributed by atoms with Crippen LogP contribution in [0.3, 0.4) is 0 Å². The maximum absolute atomic E-state index is 11.2. The molecule has 6 unspecified atom stereocenters. The van der Waals surface area contributed by atoms with Crippen LogP contribution in [0.5, 0.6) is 0 Å². The van der Waals surface area contributed by atoms with Crippen LogP contribution in [-0.4, -0.2) is 29.9 Å². The molecule has 32 heavy (non-hydrogen) atoms. The summed E-state index contributed by atoms with van der Waals surface area (Å²) < 4.78 is 33.7. The van der Waals surface area contributed by atoms with Crippen molar-refractivity contribution in [2.24, 2.45) is 23.7 Å². The Kier molecular flexibility index (Phi) is 7.24. The second kappa shape index (κ2) is 9.55. The van der Waals surface area contributed by atoms with Crippen LogP contribution in [0.2, 0.25) is 0 Å². The summed E-state index contributed by atoms with van der Waals surface area (Å²) in [5.74, 6) is 4.79. The van der Waals surface area contributed by atoms with Gasteiger partial charge < -0.3 is 4.55 Å². The van der Waals surface area contributed by atoms with Crippen molar-refractivity contribution in [2.45, 2.75) is 105 Å². The first-order valence-electron chi connectivity index (χ1n) is 12.8. The van der Waals surface area contributed by atoms with E-state index in [1.165, 1.54) is 69.1 Å². The van der Waals surface area contributed by atoms with E-state index in [1.54, 1.807) is 25.7 Å². The zero-order valence-electron chi connectivity index (χ0n) is 19.5. The molecule has 0 saturated heterocycles. The minimum Gasteiger partial charge on any atom is -0.744 e. The van der Waals surface area contributed by atoms with Gasteiger partial charge in [-0.1, -0.05) is 32.9 Å². The van der Waals surface area contributed by atoms with E-state index in [0.717, 1.165) is 40.6 Å². The van der Waals surface area contributed by atoms with Crippen molar-refractivity contribution in [3.63, 3.8) is 0 Å². The molecule has 0 amide bonds. The molecule has 0 radical (unpaired) electrons. The number of hydrogen-bond acceptors (Lipinski definition) is 3. The van der Waals surface area contributed by atoms with Crippen LogP contribution in [0.15, 0.2) is 29.2 Å². The van der Waals surface area contributed by atoms with Crippen LogP contribution in [0.4, 0.5) is 0 Å². The van der Waals surface area contributed by atoms with Gasteiger partial charge in [-0.15, -0.1) is 0 Å². The zero-order valence-corrected chi connectivity index (χ0v) is 23.2. The normalized spacial score (nSPS) is 41.5. The summed E-state index contributed by atoms with van der Waals surface area (Å²) in [6, 6.07) is 6.82. The van der Waals surface area contributed by atoms with E-state index in [0.29, 0.717) is 5.92 Å². The van der Waals surface area contributed by atoms with Crippen molar-refractivity contribution in [1.82, 2.24) is 0 Å². The Morgan fingerprint density at radius 1 is 0.719 bits per heavy atom. The summed E-state index contributed by atoms with van der Waals surface area (Å²) >= 11 is 0. The Labute approximate surface area is 217 Å². The average molecular weight is 483 g/mol. The molecule has 5 aliphatic rings. The second-order valence-corrected chi connectivity index (χ2v) is 15.8. The molecule has 0 spiro atoms. The van der Waals surface area contributed by atoms with Crippen molar-refractivity contribution in [3.8, 4) is 0 Å². The van der Waals surface area contributed by atoms with Crippen LogP contribution >= 0.6 is 7.92 Å². The van der Waals surface area contributed by atoms with Crippen molar-refractivity contribution < 1.29 is 42.5 Å². The first-order chi connectivity index (χ1) is 15.0. The van der Waals surface area contributed by atoms with Gasteiger partial charge in [0.05, 0.1) is 4.90 Å². The molecule has 0 aromatic heterocycles. The maximum Gasteiger partial charge on any atom is 1.00 e. The second-order valence-electron chi connectivity index (χ2n) is 11.5. The summed E-state index contributed by atoms with van der Waals surface area (Å²) in [6.07, 6.45) is 17.6. The number of fused-ring (bicyclic) bond motifs is 4. The number of hydrogen-bond donors (Lipinski definition) is 0. The Hall–Kier alpha value is 0.560. The molecule has 5 saturated carbocycles. The SMILES string of the molecule is O=S(=O)([O-])c1ccc(C2CCC(P(C3CC4CCC3C4)C3CC4CCC3C4)CC2)cc1.[Na+]. The van der Waals surface area contributed by atoms with Crippen molar-refractivity contribution in [1.29, 1.82) is 0 Å². The van der Waals surface area contributed by atoms with Gasteiger partial charge in [0.15, 0.2) is 0 Å². The molecule has 5 aliphatic carbocycles. The minimum atomic E-state index is -4.35. The van der Waals surface area contributed by atoms with Gasteiger partial charge >= 0.3 is 29.6 Å². The third-order valence-electron chi connectivity index (χ3n) is 9.93. The molecule has 4 bridgehead atoms. The molecule has 0 aliphatic heterocycles. The predicted molar refractivity (Wildman–Crippen MR) is 125 cm³/mol. The zero-order chi connectivity index (χ0) is 21.2. The van der Waals surface area contributed by atoms with Crippen LogP contribution in [0.25, 0.3) is 0 Å². The summed E-state index contributed by atoms with van der Waals surface area (Å²) in [6.45, 7) is 0. The van der Waals surface area contributed by atoms with Crippen LogP contribution in [0, 0.1) is 23.7 Å². The monoisotopic (exact) mass is 482 g/mol. The molecular formula is C26H36NaO3PS. The first kappa shape index (κ1) is 24.3. The molecule has 170 valence electrons. The fourth-order valence-electron chi connectivity index (χ4n) is 8.55. The molecule has 6 rings (SSSR count). The number of benzene rings is 1.